The molecule has 0 saturated carbocycles. The van der Waals surface area contributed by atoms with E-state index in [0.717, 1.165) is 44.6 Å². The van der Waals surface area contributed by atoms with Gasteiger partial charge in [0.25, 0.3) is 0 Å². The molecule has 0 amide bonds. The minimum absolute atomic E-state index is 0. The van der Waals surface area contributed by atoms with Gasteiger partial charge in [-0.05, 0) is 61.6 Å². The molecule has 0 saturated heterocycles. The van der Waals surface area contributed by atoms with Gasteiger partial charge in [-0.15, -0.1) is 48.0 Å². The molecule has 9 rings (SSSR count). The van der Waals surface area contributed by atoms with E-state index < -0.39 is 16.1 Å². The van der Waals surface area contributed by atoms with Gasteiger partial charge in [-0.25, -0.2) is 0 Å². The van der Waals surface area contributed by atoms with E-state index in [0.29, 0.717) is 0 Å². The first-order chi connectivity index (χ1) is 24.8. The van der Waals surface area contributed by atoms with Crippen molar-refractivity contribution in [1.29, 1.82) is 0 Å². The molecule has 269 valence electrons. The molecule has 8 heteroatoms. The van der Waals surface area contributed by atoms with Crippen LogP contribution in [0.25, 0.3) is 66.1 Å². The molecular formula is C45H42FIrN3OSi2-2. The predicted molar refractivity (Wildman–Crippen MR) is 220 cm³/mol. The number of benzene rings is 5. The number of hydrogen-bond acceptors (Lipinski definition) is 4. The van der Waals surface area contributed by atoms with Crippen molar-refractivity contribution < 1.29 is 28.9 Å². The van der Waals surface area contributed by atoms with Crippen molar-refractivity contribution in [2.45, 2.75) is 64.5 Å². The number of furan rings is 1. The topological polar surface area (TPSA) is 51.8 Å². The van der Waals surface area contributed by atoms with Crippen molar-refractivity contribution in [1.82, 2.24) is 15.0 Å². The third-order valence-corrected chi connectivity index (χ3v) is 18.0. The van der Waals surface area contributed by atoms with E-state index in [1.165, 1.54) is 61.8 Å². The molecule has 5 aromatic carbocycles. The fraction of sp³-hybridized carbons (Fsp3) is 0.222. The molecule has 8 aromatic rings. The molecule has 3 aromatic heterocycles. The number of hydrogen-bond donors (Lipinski definition) is 0. The van der Waals surface area contributed by atoms with Crippen molar-refractivity contribution in [2.24, 2.45) is 0 Å². The molecular weight excluding hydrogens is 866 g/mol. The summed E-state index contributed by atoms with van der Waals surface area (Å²) in [5.74, 6) is 0.469. The Hall–Kier alpha value is -4.34. The molecule has 0 spiro atoms. The Labute approximate surface area is 326 Å². The number of rotatable bonds is 2. The maximum Gasteiger partial charge on any atom is 0.121 e. The molecule has 53 heavy (non-hydrogen) atoms. The van der Waals surface area contributed by atoms with Gasteiger partial charge in [0.15, 0.2) is 0 Å². The van der Waals surface area contributed by atoms with Crippen LogP contribution in [-0.4, -0.2) is 31.1 Å². The molecule has 1 aliphatic heterocycles. The Balaban J connectivity index is 0.000000205. The van der Waals surface area contributed by atoms with E-state index in [1.807, 2.05) is 18.2 Å². The molecule has 0 unspecified atom stereocenters. The first-order valence-electron chi connectivity index (χ1n) is 18.0. The Morgan fingerprint density at radius 1 is 0.755 bits per heavy atom. The average molecular weight is 908 g/mol. The van der Waals surface area contributed by atoms with Crippen LogP contribution in [0.3, 0.4) is 0 Å². The van der Waals surface area contributed by atoms with Crippen molar-refractivity contribution in [2.75, 3.05) is 0 Å². The minimum Gasteiger partial charge on any atom is -0.501 e. The van der Waals surface area contributed by atoms with Crippen LogP contribution in [0.15, 0.2) is 108 Å². The summed E-state index contributed by atoms with van der Waals surface area (Å²) < 4.78 is 19.4. The molecule has 0 fully saturated rings. The summed E-state index contributed by atoms with van der Waals surface area (Å²) in [6.07, 6.45) is 3.92. The van der Waals surface area contributed by atoms with Crippen molar-refractivity contribution in [3.8, 4) is 22.6 Å². The molecule has 0 bridgehead atoms. The van der Waals surface area contributed by atoms with Crippen molar-refractivity contribution >= 4 is 70.1 Å². The van der Waals surface area contributed by atoms with Gasteiger partial charge >= 0.3 is 0 Å². The van der Waals surface area contributed by atoms with Crippen molar-refractivity contribution in [3.63, 3.8) is 0 Å². The van der Waals surface area contributed by atoms with Gasteiger partial charge in [0, 0.05) is 49.0 Å². The van der Waals surface area contributed by atoms with Crippen molar-refractivity contribution in [3.05, 3.63) is 127 Å². The molecule has 1 aliphatic rings. The summed E-state index contributed by atoms with van der Waals surface area (Å²) >= 11 is 0. The summed E-state index contributed by atoms with van der Waals surface area (Å²) in [4.78, 5) is 14.4. The Morgan fingerprint density at radius 2 is 1.53 bits per heavy atom. The Morgan fingerprint density at radius 3 is 2.30 bits per heavy atom. The SMILES string of the molecule is CC(C)(C)c1ccnc(-c2[c-]cc(F)cc2)c1.C[Si]1(C)CC[Si](C)(C)c2nc(-c3[c-]ccc4c3oc3cc5c(ccc6ccccc65)cc34)ncc21.[Ir]. The number of aromatic nitrogens is 3. The quantitative estimate of drug-likeness (QED) is 0.0985. The van der Waals surface area contributed by atoms with Gasteiger partial charge in [-0.2, -0.15) is 0 Å². The number of nitrogens with zero attached hydrogens (tertiary/aromatic N) is 3. The van der Waals surface area contributed by atoms with Crippen LogP contribution in [0.1, 0.15) is 26.3 Å². The van der Waals surface area contributed by atoms with Crippen LogP contribution in [0.5, 0.6) is 0 Å². The van der Waals surface area contributed by atoms with Gasteiger partial charge in [0.05, 0.1) is 19.5 Å². The smallest absolute Gasteiger partial charge is 0.121 e. The maximum atomic E-state index is 12.8. The van der Waals surface area contributed by atoms with Crippen LogP contribution in [0.4, 0.5) is 4.39 Å². The monoisotopic (exact) mass is 908 g/mol. The van der Waals surface area contributed by atoms with E-state index in [4.69, 9.17) is 14.4 Å². The average Bonchev–Trinajstić information content (AvgIpc) is 3.50. The van der Waals surface area contributed by atoms with E-state index in [2.05, 4.69) is 125 Å². The van der Waals surface area contributed by atoms with E-state index >= 15 is 0 Å². The summed E-state index contributed by atoms with van der Waals surface area (Å²) in [6, 6.07) is 38.9. The van der Waals surface area contributed by atoms with Crippen LogP contribution in [-0.2, 0) is 25.5 Å². The predicted octanol–water partition coefficient (Wildman–Crippen LogP) is 11.0. The summed E-state index contributed by atoms with van der Waals surface area (Å²) in [7, 11) is -3.06. The standard InChI is InChI=1S/C30H27N2OSi2.C15H15FN.Ir/c1-34(2)14-15-35(3,4)30-27(34)18-31-29(32-30)23-11-7-10-22-25-16-20-13-12-19-8-5-6-9-21(19)24(20)17-26(25)33-28(22)23;1-15(2,3)12-8-9-17-14(10-12)11-4-6-13(16)7-5-11;/h5-10,12-13,16-18H,14-15H2,1-4H3;4,6-10H,1-3H3;/q2*-1;. The number of pyridine rings is 1. The largest absolute Gasteiger partial charge is 0.501 e. The zero-order chi connectivity index (χ0) is 36.4. The molecule has 0 N–H and O–H groups in total. The van der Waals surface area contributed by atoms with Gasteiger partial charge in [0.2, 0.25) is 0 Å². The summed E-state index contributed by atoms with van der Waals surface area (Å²) in [5, 5.41) is 9.95. The number of fused-ring (bicyclic) bond motifs is 7. The zero-order valence-corrected chi connectivity index (χ0v) is 35.6. The molecule has 0 aliphatic carbocycles. The summed E-state index contributed by atoms with van der Waals surface area (Å²) in [5.41, 5.74) is 5.53. The third kappa shape index (κ3) is 6.94. The molecule has 1 radical (unpaired) electrons. The first kappa shape index (κ1) is 37.0. The Kier molecular flexibility index (Phi) is 9.65. The number of halogens is 1. The van der Waals surface area contributed by atoms with Crippen LogP contribution < -0.4 is 10.5 Å². The Bertz CT molecular complexity index is 2650. The third-order valence-electron chi connectivity index (χ3n) is 10.7. The fourth-order valence-corrected chi connectivity index (χ4v) is 17.3. The van der Waals surface area contributed by atoms with E-state index in [1.54, 1.807) is 12.3 Å². The van der Waals surface area contributed by atoms with Crippen LogP contribution in [0.2, 0.25) is 38.3 Å². The van der Waals surface area contributed by atoms with E-state index in [9.17, 15) is 4.39 Å². The summed E-state index contributed by atoms with van der Waals surface area (Å²) in [6.45, 7) is 16.3. The van der Waals surface area contributed by atoms with E-state index in [-0.39, 0.29) is 31.3 Å². The first-order valence-corrected chi connectivity index (χ1v) is 24.4. The fourth-order valence-electron chi connectivity index (χ4n) is 7.41. The minimum atomic E-state index is -1.58. The maximum absolute atomic E-state index is 12.8. The van der Waals surface area contributed by atoms with Gasteiger partial charge in [0.1, 0.15) is 13.7 Å². The molecule has 0 atom stereocenters. The second-order valence-corrected chi connectivity index (χ2v) is 25.9. The van der Waals surface area contributed by atoms with Gasteiger partial charge in [-0.3, -0.25) is 14.4 Å². The zero-order valence-electron chi connectivity index (χ0n) is 31.2. The van der Waals surface area contributed by atoms with Crippen LogP contribution >= 0.6 is 0 Å². The van der Waals surface area contributed by atoms with Crippen LogP contribution in [0, 0.1) is 17.9 Å². The molecule has 4 heterocycles. The normalized spacial score (nSPS) is 14.8. The second kappa shape index (κ2) is 13.8. The van der Waals surface area contributed by atoms with Gasteiger partial charge in [-0.1, -0.05) is 112 Å². The van der Waals surface area contributed by atoms with Gasteiger partial charge < -0.3 is 9.40 Å². The molecule has 4 nitrogen and oxygen atoms in total. The second-order valence-electron chi connectivity index (χ2n) is 16.4.